The van der Waals surface area contributed by atoms with Crippen molar-refractivity contribution in [2.24, 2.45) is 0 Å². The molecule has 3 aromatic carbocycles. The van der Waals surface area contributed by atoms with Gasteiger partial charge in [-0.05, 0) is 65.5 Å². The lowest BCUT2D eigenvalue weighted by Crippen LogP contribution is -2.56. The summed E-state index contributed by atoms with van der Waals surface area (Å²) in [6, 6.07) is 26.4. The molecule has 0 unspecified atom stereocenters. The highest BCUT2D eigenvalue weighted by atomic mass is 16.5. The van der Waals surface area contributed by atoms with Gasteiger partial charge in [0.15, 0.2) is 11.4 Å². The molecule has 3 aliphatic rings. The van der Waals surface area contributed by atoms with Gasteiger partial charge in [0.25, 0.3) is 5.91 Å². The summed E-state index contributed by atoms with van der Waals surface area (Å²) in [5.41, 5.74) is 7.28. The van der Waals surface area contributed by atoms with Crippen LogP contribution in [0.3, 0.4) is 0 Å². The van der Waals surface area contributed by atoms with Gasteiger partial charge in [0.05, 0.1) is 6.04 Å². The van der Waals surface area contributed by atoms with Gasteiger partial charge in [-0.3, -0.25) is 19.3 Å². The van der Waals surface area contributed by atoms with Crippen LogP contribution in [0.4, 0.5) is 0 Å². The number of allylic oxidation sites excluding steroid dienone is 1. The Balaban J connectivity index is 1.45. The second kappa shape index (κ2) is 10.8. The highest BCUT2D eigenvalue weighted by molar-refractivity contribution is 5.96. The fraction of sp³-hybridized carbons (Fsp3) is 0.257. The van der Waals surface area contributed by atoms with E-state index in [1.54, 1.807) is 6.20 Å². The SMILES string of the molecule is O=C1c2c(OCc3ccccc3)c(=O)ccn2N2CN1CCCC/C=C\c1cccc3c1[C@@H]2c1ccccc1CC3. The maximum atomic E-state index is 14.1. The Morgan fingerprint density at radius 2 is 1.63 bits per heavy atom. The first-order valence-electron chi connectivity index (χ1n) is 14.5. The topological polar surface area (TPSA) is 54.8 Å². The fourth-order valence-electron chi connectivity index (χ4n) is 6.49. The predicted octanol–water partition coefficient (Wildman–Crippen LogP) is 5.86. The molecule has 3 heterocycles. The molecule has 1 aliphatic carbocycles. The number of hydrogen-bond acceptors (Lipinski definition) is 4. The number of pyridine rings is 1. The van der Waals surface area contributed by atoms with E-state index in [-0.39, 0.29) is 29.7 Å². The summed E-state index contributed by atoms with van der Waals surface area (Å²) in [6.45, 7) is 1.25. The van der Waals surface area contributed by atoms with Gasteiger partial charge in [0.1, 0.15) is 13.3 Å². The smallest absolute Gasteiger partial charge is 0.277 e. The van der Waals surface area contributed by atoms with Crippen LogP contribution >= 0.6 is 0 Å². The summed E-state index contributed by atoms with van der Waals surface area (Å²) in [4.78, 5) is 29.3. The number of aromatic nitrogens is 1. The van der Waals surface area contributed by atoms with Gasteiger partial charge in [-0.2, -0.15) is 0 Å². The first-order valence-corrected chi connectivity index (χ1v) is 14.5. The Morgan fingerprint density at radius 3 is 2.54 bits per heavy atom. The number of fused-ring (bicyclic) bond motifs is 7. The fourth-order valence-corrected chi connectivity index (χ4v) is 6.49. The first kappa shape index (κ1) is 25.4. The zero-order valence-electron chi connectivity index (χ0n) is 23.0. The molecule has 6 nitrogen and oxygen atoms in total. The number of carbonyl (C=O) groups excluding carboxylic acids is 1. The predicted molar refractivity (Wildman–Crippen MR) is 161 cm³/mol. The second-order valence-corrected chi connectivity index (χ2v) is 11.0. The van der Waals surface area contributed by atoms with Crippen molar-refractivity contribution in [1.29, 1.82) is 0 Å². The molecule has 41 heavy (non-hydrogen) atoms. The van der Waals surface area contributed by atoms with Crippen LogP contribution in [-0.4, -0.2) is 28.7 Å². The lowest BCUT2D eigenvalue weighted by molar-refractivity contribution is 0.0673. The zero-order valence-corrected chi connectivity index (χ0v) is 23.0. The Morgan fingerprint density at radius 1 is 0.829 bits per heavy atom. The number of ether oxygens (including phenoxy) is 1. The molecule has 2 aliphatic heterocycles. The summed E-state index contributed by atoms with van der Waals surface area (Å²) >= 11 is 0. The van der Waals surface area contributed by atoms with E-state index in [4.69, 9.17) is 4.74 Å². The van der Waals surface area contributed by atoms with Crippen LogP contribution in [0.1, 0.15) is 69.2 Å². The van der Waals surface area contributed by atoms with Gasteiger partial charge in [-0.15, -0.1) is 0 Å². The molecule has 7 rings (SSSR count). The molecule has 1 aromatic heterocycles. The molecule has 0 N–H and O–H groups in total. The third kappa shape index (κ3) is 4.63. The largest absolute Gasteiger partial charge is 0.482 e. The van der Waals surface area contributed by atoms with Crippen molar-refractivity contribution in [3.8, 4) is 5.75 Å². The van der Waals surface area contributed by atoms with Gasteiger partial charge in [0, 0.05) is 18.8 Å². The quantitative estimate of drug-likeness (QED) is 0.325. The molecular weight excluding hydrogens is 510 g/mol. The summed E-state index contributed by atoms with van der Waals surface area (Å²) in [5, 5.41) is 2.26. The lowest BCUT2D eigenvalue weighted by Gasteiger charge is -2.45. The van der Waals surface area contributed by atoms with Crippen LogP contribution < -0.4 is 15.2 Å². The van der Waals surface area contributed by atoms with Crippen molar-refractivity contribution >= 4 is 12.0 Å². The maximum absolute atomic E-state index is 14.1. The van der Waals surface area contributed by atoms with Gasteiger partial charge < -0.3 is 9.64 Å². The van der Waals surface area contributed by atoms with Crippen LogP contribution in [-0.2, 0) is 19.4 Å². The minimum Gasteiger partial charge on any atom is -0.482 e. The number of nitrogens with zero attached hydrogens (tertiary/aromatic N) is 3. The summed E-state index contributed by atoms with van der Waals surface area (Å²) in [5.74, 6) is -0.0523. The molecule has 0 radical (unpaired) electrons. The van der Waals surface area contributed by atoms with Gasteiger partial charge in [-0.1, -0.05) is 84.9 Å². The average Bonchev–Trinajstić information content (AvgIpc) is 3.17. The number of benzene rings is 3. The van der Waals surface area contributed by atoms with E-state index in [0.717, 1.165) is 37.7 Å². The molecule has 1 atom stereocenters. The van der Waals surface area contributed by atoms with E-state index in [1.165, 1.54) is 33.9 Å². The molecule has 206 valence electrons. The van der Waals surface area contributed by atoms with E-state index in [2.05, 4.69) is 59.6 Å². The number of carbonyl (C=O) groups is 1. The van der Waals surface area contributed by atoms with Gasteiger partial charge in [0.2, 0.25) is 5.43 Å². The zero-order chi connectivity index (χ0) is 27.8. The van der Waals surface area contributed by atoms with Crippen molar-refractivity contribution in [3.05, 3.63) is 140 Å². The van der Waals surface area contributed by atoms with Crippen LogP contribution in [0.25, 0.3) is 6.08 Å². The normalized spacial score (nSPS) is 18.6. The molecule has 0 saturated heterocycles. The monoisotopic (exact) mass is 543 g/mol. The minimum atomic E-state index is -0.284. The van der Waals surface area contributed by atoms with E-state index in [0.29, 0.717) is 18.9 Å². The van der Waals surface area contributed by atoms with Gasteiger partial charge in [-0.25, -0.2) is 0 Å². The van der Waals surface area contributed by atoms with Crippen LogP contribution in [0.15, 0.2) is 95.9 Å². The molecule has 1 amide bonds. The minimum absolute atomic E-state index is 0.110. The summed E-state index contributed by atoms with van der Waals surface area (Å²) in [7, 11) is 0. The Bertz CT molecular complexity index is 1690. The molecular formula is C35H33N3O3. The first-order chi connectivity index (χ1) is 20.2. The van der Waals surface area contributed by atoms with Crippen molar-refractivity contribution in [2.45, 2.75) is 44.8 Å². The Kier molecular flexibility index (Phi) is 6.67. The standard InChI is InChI=1S/C35H33N3O3/c39-30-20-22-37-33(34(30)41-23-25-11-4-3-5-12-25)35(40)36-21-9-2-1-6-14-27-15-10-16-28-19-18-26-13-7-8-17-29(26)32(31(27)28)38(37)24-36/h3-8,10-17,20,22,32H,1-2,9,18-19,21,23-24H2/b14-6-/t32-/m0/s1. The third-order valence-corrected chi connectivity index (χ3v) is 8.50. The molecule has 0 fully saturated rings. The highest BCUT2D eigenvalue weighted by Gasteiger charge is 2.39. The maximum Gasteiger partial charge on any atom is 0.277 e. The van der Waals surface area contributed by atoms with Crippen molar-refractivity contribution in [1.82, 2.24) is 9.58 Å². The number of amides is 1. The molecule has 2 bridgehead atoms. The van der Waals surface area contributed by atoms with Crippen molar-refractivity contribution in [2.75, 3.05) is 18.2 Å². The van der Waals surface area contributed by atoms with Crippen molar-refractivity contribution < 1.29 is 9.53 Å². The molecule has 6 heteroatoms. The second-order valence-electron chi connectivity index (χ2n) is 11.0. The van der Waals surface area contributed by atoms with Crippen molar-refractivity contribution in [3.63, 3.8) is 0 Å². The van der Waals surface area contributed by atoms with E-state index in [9.17, 15) is 9.59 Å². The average molecular weight is 544 g/mol. The third-order valence-electron chi connectivity index (χ3n) is 8.50. The Hall–Kier alpha value is -4.58. The van der Waals surface area contributed by atoms with E-state index >= 15 is 0 Å². The van der Waals surface area contributed by atoms with Crippen LogP contribution in [0, 0.1) is 0 Å². The highest BCUT2D eigenvalue weighted by Crippen LogP contribution is 2.40. The summed E-state index contributed by atoms with van der Waals surface area (Å²) in [6.07, 6.45) is 11.0. The van der Waals surface area contributed by atoms with Crippen LogP contribution in [0.5, 0.6) is 5.75 Å². The van der Waals surface area contributed by atoms with Gasteiger partial charge >= 0.3 is 0 Å². The molecule has 4 aromatic rings. The number of rotatable bonds is 3. The Labute approximate surface area is 240 Å². The molecule has 0 spiro atoms. The lowest BCUT2D eigenvalue weighted by atomic mass is 9.89. The number of aryl methyl sites for hydroxylation is 2. The molecule has 0 saturated carbocycles. The van der Waals surface area contributed by atoms with Crippen LogP contribution in [0.2, 0.25) is 0 Å². The summed E-state index contributed by atoms with van der Waals surface area (Å²) < 4.78 is 8.07. The number of hydrogen-bond donors (Lipinski definition) is 0. The van der Waals surface area contributed by atoms with E-state index in [1.807, 2.05) is 39.9 Å². The van der Waals surface area contributed by atoms with E-state index < -0.39 is 0 Å².